The van der Waals surface area contributed by atoms with Crippen molar-refractivity contribution in [1.29, 1.82) is 5.26 Å². The fraction of sp³-hybridized carbons (Fsp3) is 0.143. The molecule has 0 saturated carbocycles. The smallest absolute Gasteiger partial charge is 0.357 e. The number of hydrogen-bond donors (Lipinski definition) is 1. The van der Waals surface area contributed by atoms with Crippen molar-refractivity contribution in [2.24, 2.45) is 0 Å². The molecule has 0 fully saturated rings. The Morgan fingerprint density at radius 3 is 2.76 bits per heavy atom. The van der Waals surface area contributed by atoms with Gasteiger partial charge in [-0.2, -0.15) is 5.26 Å². The van der Waals surface area contributed by atoms with Crippen molar-refractivity contribution in [1.82, 2.24) is 4.57 Å². The number of nitrogens with two attached hydrogens (primary N) is 1. The number of anilines is 1. The highest BCUT2D eigenvalue weighted by Gasteiger charge is 2.23. The Balaban J connectivity index is 2.82. The number of halogens is 2. The van der Waals surface area contributed by atoms with Crippen LogP contribution in [-0.2, 0) is 4.74 Å². The minimum absolute atomic E-state index is 0.00170. The van der Waals surface area contributed by atoms with E-state index < -0.39 is 11.8 Å². The second kappa shape index (κ2) is 5.58. The average molecular weight is 352 g/mol. The minimum Gasteiger partial charge on any atom is -0.464 e. The fourth-order valence-electron chi connectivity index (χ4n) is 1.99. The maximum atomic E-state index is 13.9. The lowest BCUT2D eigenvalue weighted by atomic mass is 10.2. The quantitative estimate of drug-likeness (QED) is 0.843. The standard InChI is InChI=1S/C14H11BrFN3O2/c1-7-3-9(16)11(15)10(4-7)19-6-8(5-17)12(18)13(19)14(20)21-2/h3-4,6H,18H2,1-2H3. The number of methoxy groups -OCH3 is 1. The van der Waals surface area contributed by atoms with E-state index in [-0.39, 0.29) is 21.4 Å². The summed E-state index contributed by atoms with van der Waals surface area (Å²) in [5.74, 6) is -1.19. The van der Waals surface area contributed by atoms with Gasteiger partial charge in [-0.3, -0.25) is 0 Å². The third-order valence-electron chi connectivity index (χ3n) is 2.96. The van der Waals surface area contributed by atoms with Crippen LogP contribution in [0.25, 0.3) is 5.69 Å². The largest absolute Gasteiger partial charge is 0.464 e. The molecule has 2 aromatic rings. The van der Waals surface area contributed by atoms with Gasteiger partial charge in [0.05, 0.1) is 28.5 Å². The summed E-state index contributed by atoms with van der Waals surface area (Å²) < 4.78 is 20.0. The Morgan fingerprint density at radius 1 is 1.52 bits per heavy atom. The molecule has 108 valence electrons. The van der Waals surface area contributed by atoms with Gasteiger partial charge in [0.25, 0.3) is 0 Å². The molecule has 0 unspecified atom stereocenters. The first-order chi connectivity index (χ1) is 9.90. The Hall–Kier alpha value is -2.33. The van der Waals surface area contributed by atoms with Crippen molar-refractivity contribution in [3.8, 4) is 11.8 Å². The average Bonchev–Trinajstić information content (AvgIpc) is 2.78. The molecule has 0 atom stereocenters. The molecule has 21 heavy (non-hydrogen) atoms. The molecule has 1 heterocycles. The summed E-state index contributed by atoms with van der Waals surface area (Å²) in [5, 5.41) is 9.05. The van der Waals surface area contributed by atoms with Crippen LogP contribution in [0.3, 0.4) is 0 Å². The minimum atomic E-state index is -0.706. The van der Waals surface area contributed by atoms with E-state index in [0.717, 1.165) is 0 Å². The van der Waals surface area contributed by atoms with Gasteiger partial charge in [-0.15, -0.1) is 0 Å². The van der Waals surface area contributed by atoms with Crippen LogP contribution in [0, 0.1) is 24.1 Å². The Morgan fingerprint density at radius 2 is 2.19 bits per heavy atom. The van der Waals surface area contributed by atoms with Crippen LogP contribution in [0.5, 0.6) is 0 Å². The molecule has 0 aliphatic rings. The number of nitriles is 1. The molecule has 5 nitrogen and oxygen atoms in total. The predicted molar refractivity (Wildman–Crippen MR) is 78.6 cm³/mol. The summed E-state index contributed by atoms with van der Waals surface area (Å²) in [6, 6.07) is 4.91. The van der Waals surface area contributed by atoms with Crippen LogP contribution >= 0.6 is 15.9 Å². The van der Waals surface area contributed by atoms with E-state index in [1.165, 1.54) is 23.9 Å². The number of ether oxygens (including phenoxy) is 1. The van der Waals surface area contributed by atoms with E-state index >= 15 is 0 Å². The summed E-state index contributed by atoms with van der Waals surface area (Å²) in [5.41, 5.74) is 6.92. The van der Waals surface area contributed by atoms with E-state index in [1.807, 2.05) is 6.07 Å². The highest BCUT2D eigenvalue weighted by atomic mass is 79.9. The number of aryl methyl sites for hydroxylation is 1. The molecule has 0 aliphatic carbocycles. The molecule has 0 bridgehead atoms. The van der Waals surface area contributed by atoms with Crippen LogP contribution in [0.2, 0.25) is 0 Å². The van der Waals surface area contributed by atoms with Gasteiger partial charge in [0.15, 0.2) is 5.69 Å². The van der Waals surface area contributed by atoms with Crippen molar-refractivity contribution in [2.45, 2.75) is 6.92 Å². The normalized spacial score (nSPS) is 10.2. The molecule has 0 aliphatic heterocycles. The van der Waals surface area contributed by atoms with Gasteiger partial charge in [0.1, 0.15) is 11.9 Å². The number of aromatic nitrogens is 1. The highest BCUT2D eigenvalue weighted by molar-refractivity contribution is 9.10. The maximum Gasteiger partial charge on any atom is 0.357 e. The zero-order valence-electron chi connectivity index (χ0n) is 11.3. The Bertz CT molecular complexity index is 778. The number of nitrogens with zero attached hydrogens (tertiary/aromatic N) is 2. The second-order valence-corrected chi connectivity index (χ2v) is 5.15. The molecule has 2 N–H and O–H groups in total. The Kier molecular flexibility index (Phi) is 4.00. The van der Waals surface area contributed by atoms with Gasteiger partial charge in [-0.25, -0.2) is 9.18 Å². The lowest BCUT2D eigenvalue weighted by Crippen LogP contribution is -2.11. The molecule has 0 saturated heterocycles. The van der Waals surface area contributed by atoms with Gasteiger partial charge in [0.2, 0.25) is 0 Å². The van der Waals surface area contributed by atoms with E-state index in [9.17, 15) is 9.18 Å². The third-order valence-corrected chi connectivity index (χ3v) is 3.74. The van der Waals surface area contributed by atoms with E-state index in [0.29, 0.717) is 11.3 Å². The van der Waals surface area contributed by atoms with Crippen molar-refractivity contribution < 1.29 is 13.9 Å². The van der Waals surface area contributed by atoms with Crippen LogP contribution in [0.1, 0.15) is 21.6 Å². The summed E-state index contributed by atoms with van der Waals surface area (Å²) >= 11 is 3.14. The molecule has 1 aromatic carbocycles. The van der Waals surface area contributed by atoms with Gasteiger partial charge < -0.3 is 15.0 Å². The zero-order valence-corrected chi connectivity index (χ0v) is 12.9. The number of benzene rings is 1. The van der Waals surface area contributed by atoms with Crippen LogP contribution in [0.4, 0.5) is 10.1 Å². The lowest BCUT2D eigenvalue weighted by molar-refractivity contribution is 0.0593. The van der Waals surface area contributed by atoms with Crippen molar-refractivity contribution >= 4 is 27.6 Å². The lowest BCUT2D eigenvalue weighted by Gasteiger charge is -2.12. The van der Waals surface area contributed by atoms with Crippen molar-refractivity contribution in [3.05, 3.63) is 45.4 Å². The van der Waals surface area contributed by atoms with E-state index in [4.69, 9.17) is 11.0 Å². The van der Waals surface area contributed by atoms with Crippen molar-refractivity contribution in [3.63, 3.8) is 0 Å². The third kappa shape index (κ3) is 2.50. The zero-order chi connectivity index (χ0) is 15.7. The van der Waals surface area contributed by atoms with Crippen LogP contribution in [-0.4, -0.2) is 17.6 Å². The highest BCUT2D eigenvalue weighted by Crippen LogP contribution is 2.31. The number of esters is 1. The van der Waals surface area contributed by atoms with Crippen LogP contribution in [0.15, 0.2) is 22.8 Å². The molecule has 0 radical (unpaired) electrons. The number of hydrogen-bond acceptors (Lipinski definition) is 4. The van der Waals surface area contributed by atoms with E-state index in [2.05, 4.69) is 20.7 Å². The molecule has 0 amide bonds. The molecule has 1 aromatic heterocycles. The SMILES string of the molecule is COC(=O)c1c(N)c(C#N)cn1-c1cc(C)cc(F)c1Br. The summed E-state index contributed by atoms with van der Waals surface area (Å²) in [7, 11) is 1.21. The monoisotopic (exact) mass is 351 g/mol. The first-order valence-corrected chi connectivity index (χ1v) is 6.65. The van der Waals surface area contributed by atoms with E-state index in [1.54, 1.807) is 13.0 Å². The number of nitrogen functional groups attached to an aromatic ring is 1. The number of carbonyl (C=O) groups is 1. The van der Waals surface area contributed by atoms with Gasteiger partial charge in [-0.05, 0) is 40.5 Å². The Labute approximate surface area is 128 Å². The van der Waals surface area contributed by atoms with Gasteiger partial charge in [-0.1, -0.05) is 0 Å². The summed E-state index contributed by atoms with van der Waals surface area (Å²) in [6.45, 7) is 1.72. The maximum absolute atomic E-state index is 13.9. The van der Waals surface area contributed by atoms with Crippen LogP contribution < -0.4 is 5.73 Å². The summed E-state index contributed by atoms with van der Waals surface area (Å²) in [4.78, 5) is 11.9. The number of carbonyl (C=O) groups excluding carboxylic acids is 1. The molecule has 7 heteroatoms. The van der Waals surface area contributed by atoms with Gasteiger partial charge in [0, 0.05) is 6.20 Å². The topological polar surface area (TPSA) is 81.0 Å². The molecule has 0 spiro atoms. The summed E-state index contributed by atoms with van der Waals surface area (Å²) in [6.07, 6.45) is 1.38. The fourth-order valence-corrected chi connectivity index (χ4v) is 2.41. The first-order valence-electron chi connectivity index (χ1n) is 5.86. The molecular weight excluding hydrogens is 341 g/mol. The van der Waals surface area contributed by atoms with Gasteiger partial charge >= 0.3 is 5.97 Å². The molecular formula is C14H11BrFN3O2. The second-order valence-electron chi connectivity index (χ2n) is 4.36. The van der Waals surface area contributed by atoms with Crippen molar-refractivity contribution in [2.75, 3.05) is 12.8 Å². The predicted octanol–water partition coefficient (Wildman–Crippen LogP) is 2.93. The number of rotatable bonds is 2. The first kappa shape index (κ1) is 15.1. The molecule has 2 rings (SSSR count).